The van der Waals surface area contributed by atoms with Crippen LogP contribution in [0.4, 0.5) is 5.69 Å². The highest BCUT2D eigenvalue weighted by molar-refractivity contribution is 6.09. The lowest BCUT2D eigenvalue weighted by Crippen LogP contribution is -2.11. The fraction of sp³-hybridized carbons (Fsp3) is 0.120. The molecule has 3 aromatic rings. The molecule has 1 nitrogen and oxygen atoms in total. The first kappa shape index (κ1) is 15.2. The summed E-state index contributed by atoms with van der Waals surface area (Å²) in [5.74, 6) is 0. The average Bonchev–Trinajstić information content (AvgIpc) is 2.78. The third kappa shape index (κ3) is 2.32. The fourth-order valence-corrected chi connectivity index (χ4v) is 4.09. The number of fused-ring (bicyclic) bond motifs is 4. The predicted octanol–water partition coefficient (Wildman–Crippen LogP) is 6.80. The second kappa shape index (κ2) is 5.47. The Bertz CT molecular complexity index is 1120. The summed E-state index contributed by atoms with van der Waals surface area (Å²) in [6, 6.07) is 21.8. The van der Waals surface area contributed by atoms with Gasteiger partial charge in [-0.3, -0.25) is 0 Å². The first-order valence-electron chi connectivity index (χ1n) is 9.14. The van der Waals surface area contributed by atoms with Gasteiger partial charge in [-0.1, -0.05) is 92.7 Å². The number of hydrogen-bond acceptors (Lipinski definition) is 1. The zero-order valence-electron chi connectivity index (χ0n) is 15.1. The molecule has 0 atom stereocenters. The van der Waals surface area contributed by atoms with Crippen molar-refractivity contribution in [2.24, 2.45) is 5.41 Å². The summed E-state index contributed by atoms with van der Waals surface area (Å²) in [6.45, 7) is 4.49. The van der Waals surface area contributed by atoms with Crippen LogP contribution in [0.5, 0.6) is 0 Å². The van der Waals surface area contributed by atoms with E-state index < -0.39 is 0 Å². The molecule has 1 heteroatoms. The van der Waals surface area contributed by atoms with Crippen molar-refractivity contribution in [3.8, 4) is 11.1 Å². The van der Waals surface area contributed by atoms with E-state index in [4.69, 9.17) is 0 Å². The van der Waals surface area contributed by atoms with Gasteiger partial charge in [0.05, 0.1) is 0 Å². The molecule has 0 bridgehead atoms. The van der Waals surface area contributed by atoms with Gasteiger partial charge in [0.25, 0.3) is 0 Å². The number of nitrogens with one attached hydrogen (secondary N) is 1. The molecule has 26 heavy (non-hydrogen) atoms. The van der Waals surface area contributed by atoms with Gasteiger partial charge in [0.15, 0.2) is 0 Å². The van der Waals surface area contributed by atoms with Gasteiger partial charge in [-0.25, -0.2) is 0 Å². The van der Waals surface area contributed by atoms with Gasteiger partial charge >= 0.3 is 0 Å². The highest BCUT2D eigenvalue weighted by atomic mass is 14.9. The van der Waals surface area contributed by atoms with E-state index in [0.717, 1.165) is 0 Å². The first-order chi connectivity index (χ1) is 12.6. The van der Waals surface area contributed by atoms with E-state index in [1.54, 1.807) is 0 Å². The van der Waals surface area contributed by atoms with E-state index in [0.29, 0.717) is 0 Å². The highest BCUT2D eigenvalue weighted by Gasteiger charge is 2.23. The highest BCUT2D eigenvalue weighted by Crippen LogP contribution is 2.43. The minimum Gasteiger partial charge on any atom is -0.355 e. The zero-order chi connectivity index (χ0) is 17.7. The number of benzene rings is 3. The Morgan fingerprint density at radius 2 is 1.50 bits per heavy atom. The molecule has 0 spiro atoms. The maximum Gasteiger partial charge on any atom is 0.0470 e. The molecule has 1 aliphatic carbocycles. The molecule has 1 N–H and O–H groups in total. The molecular weight excluding hydrogens is 314 g/mol. The van der Waals surface area contributed by atoms with Crippen molar-refractivity contribution < 1.29 is 0 Å². The van der Waals surface area contributed by atoms with Crippen molar-refractivity contribution in [1.29, 1.82) is 0 Å². The smallest absolute Gasteiger partial charge is 0.0470 e. The van der Waals surface area contributed by atoms with Crippen LogP contribution in [0.3, 0.4) is 0 Å². The molecule has 0 amide bonds. The molecule has 1 aliphatic heterocycles. The Morgan fingerprint density at radius 1 is 0.769 bits per heavy atom. The van der Waals surface area contributed by atoms with Crippen molar-refractivity contribution in [2.75, 3.05) is 5.32 Å². The molecule has 0 aromatic heterocycles. The van der Waals surface area contributed by atoms with Crippen LogP contribution in [0, 0.1) is 5.41 Å². The monoisotopic (exact) mass is 335 g/mol. The summed E-state index contributed by atoms with van der Waals surface area (Å²) >= 11 is 0. The largest absolute Gasteiger partial charge is 0.355 e. The minimum atomic E-state index is 0.00212. The van der Waals surface area contributed by atoms with Gasteiger partial charge in [0.1, 0.15) is 0 Å². The molecule has 2 aliphatic rings. The molecule has 0 unspecified atom stereocenters. The van der Waals surface area contributed by atoms with Crippen LogP contribution in [0.25, 0.3) is 27.5 Å². The standard InChI is InChI=1S/C25H21N/c1-25(2)15-7-13-20-18-10-3-4-11-19(18)21-12-5-8-17-9-6-14-22(24(17)21)26-23(20)16-25/h3-16,26H,1-2H3. The van der Waals surface area contributed by atoms with E-state index in [1.807, 2.05) is 0 Å². The molecule has 0 saturated carbocycles. The van der Waals surface area contributed by atoms with E-state index in [-0.39, 0.29) is 5.41 Å². The second-order valence-corrected chi connectivity index (χ2v) is 7.70. The van der Waals surface area contributed by atoms with Gasteiger partial charge in [-0.2, -0.15) is 0 Å². The van der Waals surface area contributed by atoms with Crippen molar-refractivity contribution in [2.45, 2.75) is 13.8 Å². The summed E-state index contributed by atoms with van der Waals surface area (Å²) in [5.41, 5.74) is 7.44. The third-order valence-corrected chi connectivity index (χ3v) is 5.28. The van der Waals surface area contributed by atoms with Crippen molar-refractivity contribution >= 4 is 22.0 Å². The van der Waals surface area contributed by atoms with Crippen molar-refractivity contribution in [1.82, 2.24) is 0 Å². The normalized spacial score (nSPS) is 17.0. The second-order valence-electron chi connectivity index (χ2n) is 7.70. The molecule has 3 aromatic carbocycles. The van der Waals surface area contributed by atoms with Crippen molar-refractivity contribution in [3.05, 3.63) is 96.2 Å². The molecule has 126 valence electrons. The molecular formula is C25H21N. The van der Waals surface area contributed by atoms with Gasteiger partial charge in [-0.15, -0.1) is 0 Å². The molecule has 1 heterocycles. The number of anilines is 1. The van der Waals surface area contributed by atoms with Crippen molar-refractivity contribution in [3.63, 3.8) is 0 Å². The van der Waals surface area contributed by atoms with Crippen LogP contribution in [0.15, 0.2) is 90.7 Å². The summed E-state index contributed by atoms with van der Waals surface area (Å²) in [6.07, 6.45) is 9.02. The van der Waals surface area contributed by atoms with Crippen LogP contribution >= 0.6 is 0 Å². The summed E-state index contributed by atoms with van der Waals surface area (Å²) < 4.78 is 0. The van der Waals surface area contributed by atoms with Crippen LogP contribution in [0.1, 0.15) is 19.4 Å². The topological polar surface area (TPSA) is 12.0 Å². The Labute approximate surface area is 154 Å². The molecule has 5 rings (SSSR count). The van der Waals surface area contributed by atoms with E-state index in [2.05, 4.69) is 104 Å². The van der Waals surface area contributed by atoms with Gasteiger partial charge in [0, 0.05) is 27.8 Å². The lowest BCUT2D eigenvalue weighted by atomic mass is 9.86. The van der Waals surface area contributed by atoms with E-state index >= 15 is 0 Å². The van der Waals surface area contributed by atoms with Gasteiger partial charge < -0.3 is 5.32 Å². The fourth-order valence-electron chi connectivity index (χ4n) is 4.09. The average molecular weight is 335 g/mol. The lowest BCUT2D eigenvalue weighted by molar-refractivity contribution is 0.624. The first-order valence-corrected chi connectivity index (χ1v) is 9.14. The van der Waals surface area contributed by atoms with E-state index in [1.165, 1.54) is 44.4 Å². The van der Waals surface area contributed by atoms with Crippen LogP contribution in [0.2, 0.25) is 0 Å². The number of hydrogen-bond donors (Lipinski definition) is 1. The van der Waals surface area contributed by atoms with Gasteiger partial charge in [-0.05, 0) is 28.1 Å². The lowest BCUT2D eigenvalue weighted by Gasteiger charge is -2.25. The molecule has 0 radical (unpaired) electrons. The SMILES string of the molecule is CC1(C)C=CC=C2C(=C1)Nc1cccc3cccc(c13)-c1ccccc12. The molecule has 0 fully saturated rings. The third-order valence-electron chi connectivity index (χ3n) is 5.28. The Kier molecular flexibility index (Phi) is 3.20. The van der Waals surface area contributed by atoms with Crippen LogP contribution < -0.4 is 5.32 Å². The zero-order valence-corrected chi connectivity index (χ0v) is 15.1. The summed E-state index contributed by atoms with van der Waals surface area (Å²) in [5, 5.41) is 6.31. The van der Waals surface area contributed by atoms with Gasteiger partial charge in [0.2, 0.25) is 0 Å². The minimum absolute atomic E-state index is 0.00212. The van der Waals surface area contributed by atoms with Crippen LogP contribution in [-0.4, -0.2) is 0 Å². The number of rotatable bonds is 0. The molecule has 0 saturated heterocycles. The maximum absolute atomic E-state index is 3.76. The quantitative estimate of drug-likeness (QED) is 0.476. The number of allylic oxidation sites excluding steroid dienone is 5. The Balaban J connectivity index is 1.93. The Morgan fingerprint density at radius 3 is 2.35 bits per heavy atom. The van der Waals surface area contributed by atoms with Crippen LogP contribution in [-0.2, 0) is 0 Å². The summed E-state index contributed by atoms with van der Waals surface area (Å²) in [7, 11) is 0. The maximum atomic E-state index is 3.76. The van der Waals surface area contributed by atoms with E-state index in [9.17, 15) is 0 Å². The predicted molar refractivity (Wildman–Crippen MR) is 112 cm³/mol. The summed E-state index contributed by atoms with van der Waals surface area (Å²) in [4.78, 5) is 0. The Hall–Kier alpha value is -3.06.